The first-order chi connectivity index (χ1) is 9.92. The lowest BCUT2D eigenvalue weighted by Crippen LogP contribution is -1.80. The zero-order chi connectivity index (χ0) is 13.4. The van der Waals surface area contributed by atoms with Crippen molar-refractivity contribution in [3.63, 3.8) is 0 Å². The summed E-state index contributed by atoms with van der Waals surface area (Å²) < 4.78 is 5.81. The first-order valence-electron chi connectivity index (χ1n) is 6.27. The highest BCUT2D eigenvalue weighted by atomic mass is 32.1. The minimum atomic E-state index is 0.560. The Bertz CT molecular complexity index is 860. The maximum absolute atomic E-state index is 5.81. The van der Waals surface area contributed by atoms with Crippen molar-refractivity contribution in [1.82, 2.24) is 10.2 Å². The van der Waals surface area contributed by atoms with Crippen molar-refractivity contribution in [2.24, 2.45) is 0 Å². The second-order valence-corrected chi connectivity index (χ2v) is 5.36. The van der Waals surface area contributed by atoms with E-state index in [0.717, 1.165) is 15.8 Å². The van der Waals surface area contributed by atoms with E-state index in [2.05, 4.69) is 28.4 Å². The molecule has 3 nitrogen and oxygen atoms in total. The van der Waals surface area contributed by atoms with Crippen LogP contribution >= 0.6 is 11.3 Å². The topological polar surface area (TPSA) is 38.9 Å². The summed E-state index contributed by atoms with van der Waals surface area (Å²) in [5.41, 5.74) is 0.971. The highest BCUT2D eigenvalue weighted by Gasteiger charge is 2.13. The van der Waals surface area contributed by atoms with Gasteiger partial charge in [-0.3, -0.25) is 0 Å². The lowest BCUT2D eigenvalue weighted by atomic mass is 10.0. The van der Waals surface area contributed by atoms with Crippen LogP contribution < -0.4 is 0 Å². The largest absolute Gasteiger partial charge is 0.415 e. The van der Waals surface area contributed by atoms with E-state index < -0.39 is 0 Å². The van der Waals surface area contributed by atoms with Gasteiger partial charge in [-0.1, -0.05) is 42.5 Å². The van der Waals surface area contributed by atoms with Crippen LogP contribution in [-0.4, -0.2) is 10.2 Å². The van der Waals surface area contributed by atoms with Crippen LogP contribution in [0.5, 0.6) is 0 Å². The highest BCUT2D eigenvalue weighted by molar-refractivity contribution is 7.13. The molecule has 0 aliphatic heterocycles. The standard InChI is InChI=1S/C16H10N2OS/c1-2-7-12-11(5-1)6-3-8-13(12)15-17-18-16(19-15)14-9-4-10-20-14/h1-10H. The molecule has 0 aliphatic carbocycles. The van der Waals surface area contributed by atoms with Gasteiger partial charge in [0, 0.05) is 5.56 Å². The number of benzene rings is 2. The van der Waals surface area contributed by atoms with Crippen LogP contribution in [0.4, 0.5) is 0 Å². The van der Waals surface area contributed by atoms with Crippen LogP contribution in [0.2, 0.25) is 0 Å². The van der Waals surface area contributed by atoms with Gasteiger partial charge in [-0.2, -0.15) is 0 Å². The minimum absolute atomic E-state index is 0.560. The molecule has 4 heteroatoms. The fourth-order valence-corrected chi connectivity index (χ4v) is 2.89. The van der Waals surface area contributed by atoms with E-state index in [-0.39, 0.29) is 0 Å². The van der Waals surface area contributed by atoms with Crippen LogP contribution in [-0.2, 0) is 0 Å². The SMILES string of the molecule is c1csc(-c2nnc(-c3cccc4ccccc34)o2)c1. The zero-order valence-electron chi connectivity index (χ0n) is 10.5. The van der Waals surface area contributed by atoms with Gasteiger partial charge in [0.15, 0.2) is 0 Å². The Hall–Kier alpha value is -2.46. The molecule has 2 aromatic carbocycles. The van der Waals surface area contributed by atoms with E-state index in [1.54, 1.807) is 11.3 Å². The zero-order valence-corrected chi connectivity index (χ0v) is 11.3. The molecule has 0 saturated heterocycles. The first-order valence-corrected chi connectivity index (χ1v) is 7.15. The number of nitrogens with zero attached hydrogens (tertiary/aromatic N) is 2. The second-order valence-electron chi connectivity index (χ2n) is 4.42. The molecule has 2 aromatic heterocycles. The molecule has 4 aromatic rings. The van der Waals surface area contributed by atoms with Gasteiger partial charge < -0.3 is 4.42 Å². The van der Waals surface area contributed by atoms with Gasteiger partial charge in [-0.25, -0.2) is 0 Å². The van der Waals surface area contributed by atoms with Crippen molar-refractivity contribution in [3.05, 3.63) is 60.0 Å². The maximum Gasteiger partial charge on any atom is 0.258 e. The summed E-state index contributed by atoms with van der Waals surface area (Å²) in [6.07, 6.45) is 0. The van der Waals surface area contributed by atoms with Crippen molar-refractivity contribution in [2.45, 2.75) is 0 Å². The third-order valence-corrected chi connectivity index (χ3v) is 4.03. The third-order valence-electron chi connectivity index (χ3n) is 3.18. The lowest BCUT2D eigenvalue weighted by molar-refractivity contribution is 0.587. The van der Waals surface area contributed by atoms with Crippen molar-refractivity contribution < 1.29 is 4.42 Å². The summed E-state index contributed by atoms with van der Waals surface area (Å²) in [5, 5.41) is 12.6. The van der Waals surface area contributed by atoms with E-state index in [1.165, 1.54) is 5.39 Å². The second kappa shape index (κ2) is 4.58. The normalized spacial score (nSPS) is 11.0. The van der Waals surface area contributed by atoms with Crippen molar-refractivity contribution in [1.29, 1.82) is 0 Å². The Morgan fingerprint density at radius 3 is 2.55 bits per heavy atom. The van der Waals surface area contributed by atoms with Gasteiger partial charge in [0.25, 0.3) is 5.89 Å². The summed E-state index contributed by atoms with van der Waals surface area (Å²) >= 11 is 1.59. The Kier molecular flexibility index (Phi) is 2.60. The summed E-state index contributed by atoms with van der Waals surface area (Å²) in [4.78, 5) is 0.990. The maximum atomic E-state index is 5.81. The number of rotatable bonds is 2. The lowest BCUT2D eigenvalue weighted by Gasteiger charge is -2.01. The molecule has 0 bridgehead atoms. The van der Waals surface area contributed by atoms with Crippen molar-refractivity contribution in [2.75, 3.05) is 0 Å². The van der Waals surface area contributed by atoms with Crippen molar-refractivity contribution in [3.8, 4) is 22.2 Å². The summed E-state index contributed by atoms with van der Waals surface area (Å²) in [6, 6.07) is 18.2. The van der Waals surface area contributed by atoms with Crippen molar-refractivity contribution >= 4 is 22.1 Å². The van der Waals surface area contributed by atoms with Crippen LogP contribution in [0.3, 0.4) is 0 Å². The molecule has 20 heavy (non-hydrogen) atoms. The fraction of sp³-hybridized carbons (Fsp3) is 0. The molecule has 0 atom stereocenters. The number of hydrogen-bond donors (Lipinski definition) is 0. The number of aromatic nitrogens is 2. The molecule has 0 aliphatic rings. The molecule has 2 heterocycles. The Labute approximate surface area is 119 Å². The molecule has 96 valence electrons. The van der Waals surface area contributed by atoms with E-state index in [9.17, 15) is 0 Å². The molecule has 0 amide bonds. The van der Waals surface area contributed by atoms with Crippen LogP contribution in [0.1, 0.15) is 0 Å². The van der Waals surface area contributed by atoms with Gasteiger partial charge in [-0.15, -0.1) is 21.5 Å². The number of thiophene rings is 1. The molecule has 0 radical (unpaired) electrons. The molecule has 0 fully saturated rings. The summed E-state index contributed by atoms with van der Waals surface area (Å²) in [5.74, 6) is 1.13. The molecular weight excluding hydrogens is 268 g/mol. The summed E-state index contributed by atoms with van der Waals surface area (Å²) in [6.45, 7) is 0. The Morgan fingerprint density at radius 1 is 0.800 bits per heavy atom. The van der Waals surface area contributed by atoms with E-state index in [0.29, 0.717) is 11.8 Å². The molecule has 0 unspecified atom stereocenters. The molecular formula is C16H10N2OS. The van der Waals surface area contributed by atoms with Crippen LogP contribution in [0.15, 0.2) is 64.4 Å². The number of hydrogen-bond acceptors (Lipinski definition) is 4. The Balaban J connectivity index is 1.88. The van der Waals surface area contributed by atoms with Gasteiger partial charge in [-0.05, 0) is 28.3 Å². The van der Waals surface area contributed by atoms with Gasteiger partial charge >= 0.3 is 0 Å². The highest BCUT2D eigenvalue weighted by Crippen LogP contribution is 2.30. The minimum Gasteiger partial charge on any atom is -0.415 e. The van der Waals surface area contributed by atoms with Gasteiger partial charge in [0.1, 0.15) is 0 Å². The first kappa shape index (κ1) is 11.4. The molecule has 0 N–H and O–H groups in total. The smallest absolute Gasteiger partial charge is 0.258 e. The van der Waals surface area contributed by atoms with Crippen LogP contribution in [0.25, 0.3) is 33.0 Å². The predicted molar refractivity (Wildman–Crippen MR) is 80.6 cm³/mol. The average molecular weight is 278 g/mol. The van der Waals surface area contributed by atoms with E-state index in [4.69, 9.17) is 4.42 Å². The molecule has 0 saturated carbocycles. The summed E-state index contributed by atoms with van der Waals surface area (Å²) in [7, 11) is 0. The predicted octanol–water partition coefficient (Wildman–Crippen LogP) is 4.62. The van der Waals surface area contributed by atoms with Gasteiger partial charge in [0.05, 0.1) is 4.88 Å². The van der Waals surface area contributed by atoms with Gasteiger partial charge in [0.2, 0.25) is 5.89 Å². The quantitative estimate of drug-likeness (QED) is 0.537. The molecule has 0 spiro atoms. The van der Waals surface area contributed by atoms with E-state index >= 15 is 0 Å². The van der Waals surface area contributed by atoms with E-state index in [1.807, 2.05) is 41.8 Å². The monoisotopic (exact) mass is 278 g/mol. The fourth-order valence-electron chi connectivity index (χ4n) is 2.24. The van der Waals surface area contributed by atoms with Crippen LogP contribution in [0, 0.1) is 0 Å². The average Bonchev–Trinajstić information content (AvgIpc) is 3.17. The number of fused-ring (bicyclic) bond motifs is 1. The Morgan fingerprint density at radius 2 is 1.65 bits per heavy atom. The third kappa shape index (κ3) is 1.82. The molecule has 4 rings (SSSR count).